The van der Waals surface area contributed by atoms with Crippen LogP contribution in [0, 0.1) is 15.5 Å². The molecular formula is C12H17N3O4. The third-order valence-electron chi connectivity index (χ3n) is 2.49. The van der Waals surface area contributed by atoms with Crippen LogP contribution in [0.2, 0.25) is 0 Å². The van der Waals surface area contributed by atoms with Crippen molar-refractivity contribution in [2.45, 2.75) is 20.8 Å². The number of carbonyl (C=O) groups excluding carboxylic acids is 1. The fourth-order valence-corrected chi connectivity index (χ4v) is 1.37. The van der Waals surface area contributed by atoms with Crippen LogP contribution in [0.4, 0.5) is 17.1 Å². The summed E-state index contributed by atoms with van der Waals surface area (Å²) in [6.07, 6.45) is 0. The molecule has 104 valence electrons. The molecule has 0 aliphatic rings. The molecule has 0 unspecified atom stereocenters. The summed E-state index contributed by atoms with van der Waals surface area (Å²) in [5.41, 5.74) is 5.17. The lowest BCUT2D eigenvalue weighted by Gasteiger charge is -2.19. The SMILES string of the molecule is COc1c([N+](=O)[O-])ccc(N)c1NC(=O)C(C)(C)C. The van der Waals surface area contributed by atoms with E-state index in [1.165, 1.54) is 19.2 Å². The zero-order chi connectivity index (χ0) is 14.8. The first-order valence-corrected chi connectivity index (χ1v) is 5.60. The number of nitrogen functional groups attached to an aromatic ring is 1. The quantitative estimate of drug-likeness (QED) is 0.495. The number of amides is 1. The van der Waals surface area contributed by atoms with Crippen LogP contribution in [-0.4, -0.2) is 17.9 Å². The van der Waals surface area contributed by atoms with Gasteiger partial charge in [0.25, 0.3) is 0 Å². The second-order valence-electron chi connectivity index (χ2n) is 5.04. The summed E-state index contributed by atoms with van der Waals surface area (Å²) in [6, 6.07) is 2.60. The maximum absolute atomic E-state index is 11.9. The molecule has 19 heavy (non-hydrogen) atoms. The fraction of sp³-hybridized carbons (Fsp3) is 0.417. The first kappa shape index (κ1) is 14.7. The lowest BCUT2D eigenvalue weighted by Crippen LogP contribution is -2.28. The number of carbonyl (C=O) groups is 1. The molecule has 0 fully saturated rings. The van der Waals surface area contributed by atoms with E-state index in [0.29, 0.717) is 0 Å². The van der Waals surface area contributed by atoms with Crippen molar-refractivity contribution in [3.05, 3.63) is 22.2 Å². The van der Waals surface area contributed by atoms with E-state index in [9.17, 15) is 14.9 Å². The lowest BCUT2D eigenvalue weighted by atomic mass is 9.95. The number of hydrogen-bond donors (Lipinski definition) is 2. The Morgan fingerprint density at radius 3 is 2.42 bits per heavy atom. The molecule has 0 aromatic heterocycles. The van der Waals surface area contributed by atoms with E-state index < -0.39 is 10.3 Å². The van der Waals surface area contributed by atoms with Gasteiger partial charge in [-0.05, 0) is 6.07 Å². The molecule has 1 amide bonds. The Bertz CT molecular complexity index is 520. The van der Waals surface area contributed by atoms with Gasteiger partial charge < -0.3 is 15.8 Å². The minimum Gasteiger partial charge on any atom is -0.489 e. The van der Waals surface area contributed by atoms with Gasteiger partial charge in [-0.15, -0.1) is 0 Å². The van der Waals surface area contributed by atoms with Gasteiger partial charge in [-0.3, -0.25) is 14.9 Å². The largest absolute Gasteiger partial charge is 0.489 e. The molecule has 0 spiro atoms. The molecule has 1 rings (SSSR count). The molecule has 3 N–H and O–H groups in total. The van der Waals surface area contributed by atoms with Gasteiger partial charge in [0.05, 0.1) is 17.7 Å². The van der Waals surface area contributed by atoms with Gasteiger partial charge in [0.1, 0.15) is 5.69 Å². The monoisotopic (exact) mass is 267 g/mol. The van der Waals surface area contributed by atoms with Crippen molar-refractivity contribution in [2.75, 3.05) is 18.2 Å². The number of ether oxygens (including phenoxy) is 1. The predicted molar refractivity (Wildman–Crippen MR) is 72.1 cm³/mol. The van der Waals surface area contributed by atoms with Crippen LogP contribution in [0.1, 0.15) is 20.8 Å². The number of anilines is 2. The Labute approximate surface area is 110 Å². The average molecular weight is 267 g/mol. The summed E-state index contributed by atoms with van der Waals surface area (Å²) in [7, 11) is 1.29. The molecule has 1 aromatic rings. The number of nitrogens with zero attached hydrogens (tertiary/aromatic N) is 1. The number of hydrogen-bond acceptors (Lipinski definition) is 5. The number of nitrogens with one attached hydrogen (secondary N) is 1. The average Bonchev–Trinajstić information content (AvgIpc) is 2.29. The predicted octanol–water partition coefficient (Wildman–Crippen LogP) is 2.17. The number of nitro groups is 1. The fourth-order valence-electron chi connectivity index (χ4n) is 1.37. The number of methoxy groups -OCH3 is 1. The van der Waals surface area contributed by atoms with E-state index in [2.05, 4.69) is 5.32 Å². The third-order valence-corrected chi connectivity index (χ3v) is 2.49. The zero-order valence-corrected chi connectivity index (χ0v) is 11.3. The maximum Gasteiger partial charge on any atom is 0.313 e. The highest BCUT2D eigenvalue weighted by molar-refractivity contribution is 5.99. The van der Waals surface area contributed by atoms with E-state index in [1.807, 2.05) is 0 Å². The molecule has 0 atom stereocenters. The van der Waals surface area contributed by atoms with Crippen molar-refractivity contribution in [3.63, 3.8) is 0 Å². The van der Waals surface area contributed by atoms with Gasteiger partial charge >= 0.3 is 5.69 Å². The molecule has 0 aliphatic carbocycles. The van der Waals surface area contributed by atoms with E-state index in [0.717, 1.165) is 0 Å². The summed E-state index contributed by atoms with van der Waals surface area (Å²) in [5.74, 6) is -0.361. The summed E-state index contributed by atoms with van der Waals surface area (Å²) in [4.78, 5) is 22.3. The van der Waals surface area contributed by atoms with Crippen molar-refractivity contribution in [1.29, 1.82) is 0 Å². The van der Waals surface area contributed by atoms with Crippen LogP contribution in [-0.2, 0) is 4.79 Å². The van der Waals surface area contributed by atoms with E-state index >= 15 is 0 Å². The summed E-state index contributed by atoms with van der Waals surface area (Å²) >= 11 is 0. The van der Waals surface area contributed by atoms with E-state index in [-0.39, 0.29) is 28.7 Å². The van der Waals surface area contributed by atoms with Crippen LogP contribution >= 0.6 is 0 Å². The van der Waals surface area contributed by atoms with Crippen LogP contribution in [0.15, 0.2) is 12.1 Å². The van der Waals surface area contributed by atoms with Crippen LogP contribution in [0.5, 0.6) is 5.75 Å². The highest BCUT2D eigenvalue weighted by atomic mass is 16.6. The normalized spacial score (nSPS) is 10.9. The van der Waals surface area contributed by atoms with E-state index in [4.69, 9.17) is 10.5 Å². The van der Waals surface area contributed by atoms with Gasteiger partial charge in [-0.2, -0.15) is 0 Å². The van der Waals surface area contributed by atoms with Crippen LogP contribution < -0.4 is 15.8 Å². The highest BCUT2D eigenvalue weighted by Gasteiger charge is 2.26. The van der Waals surface area contributed by atoms with Gasteiger partial charge in [-0.25, -0.2) is 0 Å². The van der Waals surface area contributed by atoms with Crippen molar-refractivity contribution < 1.29 is 14.5 Å². The number of nitro benzene ring substituents is 1. The van der Waals surface area contributed by atoms with Crippen molar-refractivity contribution in [3.8, 4) is 5.75 Å². The lowest BCUT2D eigenvalue weighted by molar-refractivity contribution is -0.385. The number of benzene rings is 1. The topological polar surface area (TPSA) is 107 Å². The number of nitrogens with two attached hydrogens (primary N) is 1. The zero-order valence-electron chi connectivity index (χ0n) is 11.3. The van der Waals surface area contributed by atoms with Gasteiger partial charge in [0.2, 0.25) is 11.7 Å². The van der Waals surface area contributed by atoms with Gasteiger partial charge in [0.15, 0.2) is 0 Å². The Kier molecular flexibility index (Phi) is 3.98. The Balaban J connectivity index is 3.30. The molecule has 7 nitrogen and oxygen atoms in total. The first-order chi connectivity index (χ1) is 8.68. The molecule has 1 aromatic carbocycles. The van der Waals surface area contributed by atoms with Crippen molar-refractivity contribution >= 4 is 23.0 Å². The minimum atomic E-state index is -0.651. The minimum absolute atomic E-state index is 0.0531. The van der Waals surface area contributed by atoms with Crippen LogP contribution in [0.3, 0.4) is 0 Å². The molecule has 0 saturated carbocycles. The van der Waals surface area contributed by atoms with Gasteiger partial charge in [0, 0.05) is 11.5 Å². The Morgan fingerprint density at radius 1 is 1.42 bits per heavy atom. The molecule has 0 bridgehead atoms. The highest BCUT2D eigenvalue weighted by Crippen LogP contribution is 2.39. The van der Waals surface area contributed by atoms with Gasteiger partial charge in [-0.1, -0.05) is 20.8 Å². The third kappa shape index (κ3) is 3.12. The summed E-state index contributed by atoms with van der Waals surface area (Å²) in [6.45, 7) is 5.17. The number of rotatable bonds is 3. The molecule has 0 saturated heterocycles. The Morgan fingerprint density at radius 2 is 2.00 bits per heavy atom. The molecule has 0 heterocycles. The summed E-state index contributed by atoms with van der Waals surface area (Å²) in [5, 5.41) is 13.5. The van der Waals surface area contributed by atoms with Crippen LogP contribution in [0.25, 0.3) is 0 Å². The molecular weight excluding hydrogens is 250 g/mol. The molecule has 0 aliphatic heterocycles. The standard InChI is InChI=1S/C12H17N3O4/c1-12(2,3)11(16)14-9-7(13)5-6-8(15(17)18)10(9)19-4/h5-6H,13H2,1-4H3,(H,14,16). The van der Waals surface area contributed by atoms with Crippen molar-refractivity contribution in [2.24, 2.45) is 5.41 Å². The molecule has 0 radical (unpaired) electrons. The van der Waals surface area contributed by atoms with Crippen molar-refractivity contribution in [1.82, 2.24) is 0 Å². The molecule has 7 heteroatoms. The second kappa shape index (κ2) is 5.13. The maximum atomic E-state index is 11.9. The van der Waals surface area contributed by atoms with E-state index in [1.54, 1.807) is 20.8 Å². The first-order valence-electron chi connectivity index (χ1n) is 5.60. The smallest absolute Gasteiger partial charge is 0.313 e. The summed E-state index contributed by atoms with van der Waals surface area (Å²) < 4.78 is 5.00. The Hall–Kier alpha value is -2.31. The second-order valence-corrected chi connectivity index (χ2v) is 5.04.